The normalized spacial score (nSPS) is 11.0. The minimum atomic E-state index is -4.63. The van der Waals surface area contributed by atoms with Crippen molar-refractivity contribution in [2.24, 2.45) is 0 Å². The van der Waals surface area contributed by atoms with Crippen LogP contribution in [0.3, 0.4) is 0 Å². The number of carbonyl (C=O) groups excluding carboxylic acids is 1. The van der Waals surface area contributed by atoms with E-state index in [-0.39, 0.29) is 0 Å². The van der Waals surface area contributed by atoms with E-state index in [0.29, 0.717) is 0 Å². The van der Waals surface area contributed by atoms with Gasteiger partial charge in [0.15, 0.2) is 5.68 Å². The molecule has 0 N–H and O–H groups in total. The first kappa shape index (κ1) is 7.52. The first-order valence-electron chi connectivity index (χ1n) is 2.08. The number of hydrogen-bond donors (Lipinski definition) is 0. The van der Waals surface area contributed by atoms with Crippen LogP contribution in [0.2, 0.25) is 6.82 Å². The van der Waals surface area contributed by atoms with Crippen molar-refractivity contribution >= 4 is 13.0 Å². The molecular formula is C3H4BF3O. The summed E-state index contributed by atoms with van der Waals surface area (Å²) in [5.74, 6) is 0. The van der Waals surface area contributed by atoms with Gasteiger partial charge in [-0.25, -0.2) is 0 Å². The SMILES string of the molecule is CBC(=O)C(F)(F)F. The Balaban J connectivity index is 3.82. The van der Waals surface area contributed by atoms with Gasteiger partial charge >= 0.3 is 6.18 Å². The maximum absolute atomic E-state index is 11.1. The molecule has 0 spiro atoms. The van der Waals surface area contributed by atoms with Gasteiger partial charge in [0.1, 0.15) is 0 Å². The van der Waals surface area contributed by atoms with E-state index < -0.39 is 19.1 Å². The molecule has 0 rings (SSSR count). The quantitative estimate of drug-likeness (QED) is 0.466. The molecule has 0 unspecified atom stereocenters. The second-order valence-electron chi connectivity index (χ2n) is 1.27. The Bertz CT molecular complexity index is 97.2. The summed E-state index contributed by atoms with van der Waals surface area (Å²) in [6, 6.07) is 0. The van der Waals surface area contributed by atoms with Gasteiger partial charge in [-0.1, -0.05) is 6.82 Å². The molecular weight excluding hydrogens is 120 g/mol. The van der Waals surface area contributed by atoms with Gasteiger partial charge in [-0.2, -0.15) is 13.2 Å². The molecule has 0 bridgehead atoms. The summed E-state index contributed by atoms with van der Waals surface area (Å²) in [5.41, 5.74) is -1.67. The molecule has 46 valence electrons. The van der Waals surface area contributed by atoms with Gasteiger partial charge in [0.2, 0.25) is 7.28 Å². The van der Waals surface area contributed by atoms with Gasteiger partial charge < -0.3 is 4.79 Å². The smallest absolute Gasteiger partial charge is 0.302 e. The summed E-state index contributed by atoms with van der Waals surface area (Å²) in [7, 11) is -0.469. The summed E-state index contributed by atoms with van der Waals surface area (Å²) in [6.45, 7) is 1.18. The van der Waals surface area contributed by atoms with E-state index in [9.17, 15) is 18.0 Å². The van der Waals surface area contributed by atoms with Crippen molar-refractivity contribution in [1.82, 2.24) is 0 Å². The zero-order valence-corrected chi connectivity index (χ0v) is 4.25. The molecule has 0 heterocycles. The fourth-order valence-corrected chi connectivity index (χ4v) is 0.200. The molecule has 1 nitrogen and oxygen atoms in total. The molecule has 0 saturated heterocycles. The van der Waals surface area contributed by atoms with Crippen molar-refractivity contribution in [1.29, 1.82) is 0 Å². The van der Waals surface area contributed by atoms with Crippen LogP contribution < -0.4 is 0 Å². The zero-order chi connectivity index (χ0) is 6.78. The maximum atomic E-state index is 11.1. The lowest BCUT2D eigenvalue weighted by molar-refractivity contribution is -0.161. The van der Waals surface area contributed by atoms with Crippen LogP contribution in [0.4, 0.5) is 13.2 Å². The Morgan fingerprint density at radius 3 is 1.88 bits per heavy atom. The lowest BCUT2D eigenvalue weighted by atomic mass is 9.76. The molecule has 0 fully saturated rings. The highest BCUT2D eigenvalue weighted by Crippen LogP contribution is 2.14. The number of hydrogen-bond acceptors (Lipinski definition) is 1. The van der Waals surface area contributed by atoms with Crippen molar-refractivity contribution in [3.63, 3.8) is 0 Å². The van der Waals surface area contributed by atoms with Crippen LogP contribution in [0.15, 0.2) is 0 Å². The Labute approximate surface area is 45.1 Å². The second kappa shape index (κ2) is 2.20. The van der Waals surface area contributed by atoms with Gasteiger partial charge in [0, 0.05) is 0 Å². The monoisotopic (exact) mass is 124 g/mol. The summed E-state index contributed by atoms with van der Waals surface area (Å²) < 4.78 is 33.3. The Morgan fingerprint density at radius 2 is 1.88 bits per heavy atom. The average Bonchev–Trinajstić information content (AvgIpc) is 1.62. The van der Waals surface area contributed by atoms with Crippen molar-refractivity contribution < 1.29 is 18.0 Å². The largest absolute Gasteiger partial charge is 0.439 e. The fourth-order valence-electron chi connectivity index (χ4n) is 0.200. The predicted octanol–water partition coefficient (Wildman–Crippen LogP) is 0.560. The van der Waals surface area contributed by atoms with Gasteiger partial charge in [-0.15, -0.1) is 0 Å². The molecule has 0 amide bonds. The molecule has 0 atom stereocenters. The van der Waals surface area contributed by atoms with Gasteiger partial charge in [0.05, 0.1) is 0 Å². The van der Waals surface area contributed by atoms with Crippen LogP contribution >= 0.6 is 0 Å². The van der Waals surface area contributed by atoms with E-state index in [4.69, 9.17) is 0 Å². The highest BCUT2D eigenvalue weighted by atomic mass is 19.4. The van der Waals surface area contributed by atoms with E-state index in [0.717, 1.165) is 0 Å². The molecule has 0 aliphatic heterocycles. The van der Waals surface area contributed by atoms with Crippen LogP contribution in [0, 0.1) is 0 Å². The number of alkyl halides is 3. The zero-order valence-electron chi connectivity index (χ0n) is 4.25. The molecule has 0 aliphatic rings. The van der Waals surface area contributed by atoms with E-state index >= 15 is 0 Å². The predicted molar refractivity (Wildman–Crippen MR) is 24.1 cm³/mol. The summed E-state index contributed by atoms with van der Waals surface area (Å²) >= 11 is 0. The maximum Gasteiger partial charge on any atom is 0.439 e. The highest BCUT2D eigenvalue weighted by Gasteiger charge is 2.35. The molecule has 8 heavy (non-hydrogen) atoms. The van der Waals surface area contributed by atoms with Crippen LogP contribution in [0.1, 0.15) is 0 Å². The van der Waals surface area contributed by atoms with E-state index in [1.165, 1.54) is 6.82 Å². The van der Waals surface area contributed by atoms with Crippen LogP contribution in [-0.2, 0) is 4.79 Å². The van der Waals surface area contributed by atoms with Crippen molar-refractivity contribution in [2.45, 2.75) is 13.0 Å². The van der Waals surface area contributed by atoms with Crippen molar-refractivity contribution in [3.05, 3.63) is 0 Å². The molecule has 0 aliphatic carbocycles. The first-order chi connectivity index (χ1) is 3.48. The number of rotatable bonds is 1. The Hall–Kier alpha value is -0.475. The summed E-state index contributed by atoms with van der Waals surface area (Å²) in [6.07, 6.45) is -4.63. The molecule has 5 heteroatoms. The molecule has 0 radical (unpaired) electrons. The number of halogens is 3. The Kier molecular flexibility index (Phi) is 2.06. The van der Waals surface area contributed by atoms with E-state index in [1.807, 2.05) is 0 Å². The summed E-state index contributed by atoms with van der Waals surface area (Å²) in [5, 5.41) is 0. The molecule has 0 aromatic rings. The van der Waals surface area contributed by atoms with Crippen LogP contribution in [-0.4, -0.2) is 19.1 Å². The van der Waals surface area contributed by atoms with E-state index in [2.05, 4.69) is 0 Å². The van der Waals surface area contributed by atoms with Gasteiger partial charge in [-0.05, 0) is 0 Å². The van der Waals surface area contributed by atoms with Crippen LogP contribution in [0.5, 0.6) is 0 Å². The molecule has 0 aromatic carbocycles. The lowest BCUT2D eigenvalue weighted by Crippen LogP contribution is -2.26. The fraction of sp³-hybridized carbons (Fsp3) is 0.667. The Morgan fingerprint density at radius 1 is 1.50 bits per heavy atom. The highest BCUT2D eigenvalue weighted by molar-refractivity contribution is 6.74. The van der Waals surface area contributed by atoms with Crippen molar-refractivity contribution in [3.8, 4) is 0 Å². The first-order valence-corrected chi connectivity index (χ1v) is 2.08. The van der Waals surface area contributed by atoms with Gasteiger partial charge in [0.25, 0.3) is 0 Å². The minimum absolute atomic E-state index is 0.469. The third kappa shape index (κ3) is 2.00. The third-order valence-electron chi connectivity index (χ3n) is 0.637. The molecule has 0 aromatic heterocycles. The van der Waals surface area contributed by atoms with Gasteiger partial charge in [-0.3, -0.25) is 0 Å². The third-order valence-corrected chi connectivity index (χ3v) is 0.637. The second-order valence-corrected chi connectivity index (χ2v) is 1.27. The summed E-state index contributed by atoms with van der Waals surface area (Å²) in [4.78, 5) is 9.71. The average molecular weight is 124 g/mol. The topological polar surface area (TPSA) is 17.1 Å². The molecule has 0 saturated carbocycles. The van der Waals surface area contributed by atoms with E-state index in [1.54, 1.807) is 0 Å². The minimum Gasteiger partial charge on any atom is -0.302 e. The lowest BCUT2D eigenvalue weighted by Gasteiger charge is -1.99. The van der Waals surface area contributed by atoms with Crippen LogP contribution in [0.25, 0.3) is 0 Å². The standard InChI is InChI=1S/C3H4BF3O/c1-4-2(8)3(5,6)7/h4H,1H3. The number of carbonyl (C=O) groups is 1. The van der Waals surface area contributed by atoms with Crippen molar-refractivity contribution in [2.75, 3.05) is 0 Å².